The predicted molar refractivity (Wildman–Crippen MR) is 76.4 cm³/mol. The number of hydrogen-bond donors (Lipinski definition) is 0. The van der Waals surface area contributed by atoms with Crippen molar-refractivity contribution in [2.24, 2.45) is 0 Å². The molecule has 0 aliphatic carbocycles. The first-order valence-electron chi connectivity index (χ1n) is 5.32. The van der Waals surface area contributed by atoms with Crippen LogP contribution in [0, 0.1) is 11.3 Å². The van der Waals surface area contributed by atoms with E-state index >= 15 is 0 Å². The van der Waals surface area contributed by atoms with E-state index in [4.69, 9.17) is 23.2 Å². The van der Waals surface area contributed by atoms with Crippen molar-refractivity contribution >= 4 is 34.9 Å². The summed E-state index contributed by atoms with van der Waals surface area (Å²) in [6.45, 7) is 0. The highest BCUT2D eigenvalue weighted by Crippen LogP contribution is 2.20. The van der Waals surface area contributed by atoms with Crippen LogP contribution in [0.25, 0.3) is 11.6 Å². The molecule has 0 bridgehead atoms. The predicted octanol–water partition coefficient (Wildman–Crippen LogP) is 5.06. The second-order valence-electron chi connectivity index (χ2n) is 3.73. The standard InChI is InChI=1S/C15H9Cl2N/c16-14-5-1-11(2-6-14)9-13(10-18)12-3-7-15(17)8-4-12/h1-9H. The third-order valence-electron chi connectivity index (χ3n) is 2.46. The maximum absolute atomic E-state index is 9.19. The van der Waals surface area contributed by atoms with E-state index in [0.717, 1.165) is 11.1 Å². The molecule has 0 spiro atoms. The highest BCUT2D eigenvalue weighted by Gasteiger charge is 2.01. The summed E-state index contributed by atoms with van der Waals surface area (Å²) in [5, 5.41) is 10.5. The van der Waals surface area contributed by atoms with Crippen LogP contribution in [0.2, 0.25) is 10.0 Å². The summed E-state index contributed by atoms with van der Waals surface area (Å²) in [5.41, 5.74) is 2.37. The zero-order chi connectivity index (χ0) is 13.0. The molecule has 2 aromatic carbocycles. The van der Waals surface area contributed by atoms with Crippen LogP contribution >= 0.6 is 23.2 Å². The minimum atomic E-state index is 0.592. The molecule has 0 saturated carbocycles. The summed E-state index contributed by atoms with van der Waals surface area (Å²) in [7, 11) is 0. The summed E-state index contributed by atoms with van der Waals surface area (Å²) >= 11 is 11.6. The second-order valence-corrected chi connectivity index (χ2v) is 4.60. The first-order valence-corrected chi connectivity index (χ1v) is 6.08. The van der Waals surface area contributed by atoms with E-state index in [1.165, 1.54) is 0 Å². The van der Waals surface area contributed by atoms with Crippen molar-refractivity contribution in [3.63, 3.8) is 0 Å². The maximum atomic E-state index is 9.19. The fourth-order valence-corrected chi connectivity index (χ4v) is 1.79. The lowest BCUT2D eigenvalue weighted by atomic mass is 10.0. The Kier molecular flexibility index (Phi) is 4.04. The van der Waals surface area contributed by atoms with Gasteiger partial charge >= 0.3 is 0 Å². The first-order chi connectivity index (χ1) is 8.69. The van der Waals surface area contributed by atoms with E-state index in [1.807, 2.05) is 30.3 Å². The fourth-order valence-electron chi connectivity index (χ4n) is 1.54. The number of allylic oxidation sites excluding steroid dienone is 1. The fraction of sp³-hybridized carbons (Fsp3) is 0. The van der Waals surface area contributed by atoms with Crippen LogP contribution in [-0.2, 0) is 0 Å². The van der Waals surface area contributed by atoms with Crippen LogP contribution in [0.15, 0.2) is 48.5 Å². The molecule has 2 aromatic rings. The lowest BCUT2D eigenvalue weighted by Gasteiger charge is -2.00. The van der Waals surface area contributed by atoms with E-state index in [9.17, 15) is 5.26 Å². The lowest BCUT2D eigenvalue weighted by molar-refractivity contribution is 1.52. The highest BCUT2D eigenvalue weighted by atomic mass is 35.5. The number of rotatable bonds is 2. The number of nitrogens with zero attached hydrogens (tertiary/aromatic N) is 1. The smallest absolute Gasteiger partial charge is 0.0998 e. The van der Waals surface area contributed by atoms with Crippen molar-refractivity contribution in [1.82, 2.24) is 0 Å². The second kappa shape index (κ2) is 5.73. The summed E-state index contributed by atoms with van der Waals surface area (Å²) in [6.07, 6.45) is 1.82. The zero-order valence-corrected chi connectivity index (χ0v) is 10.9. The van der Waals surface area contributed by atoms with Gasteiger partial charge in [0, 0.05) is 10.0 Å². The van der Waals surface area contributed by atoms with Crippen LogP contribution in [0.3, 0.4) is 0 Å². The van der Waals surface area contributed by atoms with Crippen LogP contribution in [0.1, 0.15) is 11.1 Å². The van der Waals surface area contributed by atoms with Crippen molar-refractivity contribution in [3.05, 3.63) is 69.7 Å². The Hall–Kier alpha value is -1.75. The third-order valence-corrected chi connectivity index (χ3v) is 2.96. The van der Waals surface area contributed by atoms with Gasteiger partial charge in [0.15, 0.2) is 0 Å². The molecule has 0 aliphatic rings. The lowest BCUT2D eigenvalue weighted by Crippen LogP contribution is -1.81. The Bertz CT molecular complexity index is 604. The normalized spacial score (nSPS) is 11.1. The van der Waals surface area contributed by atoms with Gasteiger partial charge in [-0.05, 0) is 41.5 Å². The van der Waals surface area contributed by atoms with Gasteiger partial charge in [-0.2, -0.15) is 5.26 Å². The van der Waals surface area contributed by atoms with E-state index in [2.05, 4.69) is 6.07 Å². The first kappa shape index (κ1) is 12.7. The van der Waals surface area contributed by atoms with Gasteiger partial charge in [0.25, 0.3) is 0 Å². The minimum absolute atomic E-state index is 0.592. The molecule has 0 saturated heterocycles. The largest absolute Gasteiger partial charge is 0.192 e. The maximum Gasteiger partial charge on any atom is 0.0998 e. The Morgan fingerprint density at radius 2 is 1.39 bits per heavy atom. The van der Waals surface area contributed by atoms with Crippen molar-refractivity contribution in [1.29, 1.82) is 5.26 Å². The summed E-state index contributed by atoms with van der Waals surface area (Å²) in [5.74, 6) is 0. The summed E-state index contributed by atoms with van der Waals surface area (Å²) in [4.78, 5) is 0. The van der Waals surface area contributed by atoms with Crippen LogP contribution in [0.4, 0.5) is 0 Å². The summed E-state index contributed by atoms with van der Waals surface area (Å²) < 4.78 is 0. The molecule has 0 unspecified atom stereocenters. The van der Waals surface area contributed by atoms with Gasteiger partial charge in [-0.25, -0.2) is 0 Å². The van der Waals surface area contributed by atoms with E-state index in [-0.39, 0.29) is 0 Å². The topological polar surface area (TPSA) is 23.8 Å². The Morgan fingerprint density at radius 1 is 0.889 bits per heavy atom. The average molecular weight is 274 g/mol. The van der Waals surface area contributed by atoms with Gasteiger partial charge in [0.1, 0.15) is 0 Å². The molecule has 0 radical (unpaired) electrons. The Morgan fingerprint density at radius 3 is 1.89 bits per heavy atom. The molecule has 0 N–H and O–H groups in total. The SMILES string of the molecule is N#CC(=Cc1ccc(Cl)cc1)c1ccc(Cl)cc1. The molecule has 2 rings (SSSR count). The molecule has 0 aromatic heterocycles. The van der Waals surface area contributed by atoms with Gasteiger partial charge in [-0.3, -0.25) is 0 Å². The average Bonchev–Trinajstić information content (AvgIpc) is 2.39. The molecule has 0 aliphatic heterocycles. The molecule has 3 heteroatoms. The number of halogens is 2. The number of benzene rings is 2. The van der Waals surface area contributed by atoms with E-state index in [0.29, 0.717) is 15.6 Å². The third kappa shape index (κ3) is 3.13. The van der Waals surface area contributed by atoms with Gasteiger partial charge in [0.2, 0.25) is 0 Å². The molecule has 0 amide bonds. The van der Waals surface area contributed by atoms with Gasteiger partial charge in [-0.1, -0.05) is 47.5 Å². The molecular formula is C15H9Cl2N. The number of nitriles is 1. The number of hydrogen-bond acceptors (Lipinski definition) is 1. The zero-order valence-electron chi connectivity index (χ0n) is 9.40. The molecule has 0 heterocycles. The van der Waals surface area contributed by atoms with Crippen molar-refractivity contribution in [3.8, 4) is 6.07 Å². The van der Waals surface area contributed by atoms with Crippen molar-refractivity contribution in [2.45, 2.75) is 0 Å². The molecule has 0 fully saturated rings. The summed E-state index contributed by atoms with van der Waals surface area (Å²) in [6, 6.07) is 16.7. The van der Waals surface area contributed by atoms with Gasteiger partial charge < -0.3 is 0 Å². The van der Waals surface area contributed by atoms with Crippen molar-refractivity contribution in [2.75, 3.05) is 0 Å². The molecule has 0 atom stereocenters. The Labute approximate surface area is 116 Å². The molecule has 1 nitrogen and oxygen atoms in total. The highest BCUT2D eigenvalue weighted by molar-refractivity contribution is 6.30. The van der Waals surface area contributed by atoms with Crippen LogP contribution in [-0.4, -0.2) is 0 Å². The molecule has 18 heavy (non-hydrogen) atoms. The molecular weight excluding hydrogens is 265 g/mol. The van der Waals surface area contributed by atoms with E-state index < -0.39 is 0 Å². The Balaban J connectivity index is 2.37. The minimum Gasteiger partial charge on any atom is -0.192 e. The van der Waals surface area contributed by atoms with Crippen molar-refractivity contribution < 1.29 is 0 Å². The van der Waals surface area contributed by atoms with Crippen LogP contribution in [0.5, 0.6) is 0 Å². The quantitative estimate of drug-likeness (QED) is 0.554. The van der Waals surface area contributed by atoms with Gasteiger partial charge in [-0.15, -0.1) is 0 Å². The van der Waals surface area contributed by atoms with E-state index in [1.54, 1.807) is 24.3 Å². The van der Waals surface area contributed by atoms with Crippen LogP contribution < -0.4 is 0 Å². The monoisotopic (exact) mass is 273 g/mol. The van der Waals surface area contributed by atoms with Gasteiger partial charge in [0.05, 0.1) is 11.6 Å². The molecule has 88 valence electrons.